The molecule has 238 valence electrons. The summed E-state index contributed by atoms with van der Waals surface area (Å²) in [4.78, 5) is 0. The zero-order valence-corrected chi connectivity index (χ0v) is 25.7. The van der Waals surface area contributed by atoms with Crippen molar-refractivity contribution < 1.29 is 35.6 Å². The lowest BCUT2D eigenvalue weighted by atomic mass is 10.0. The van der Waals surface area contributed by atoms with E-state index in [-0.39, 0.29) is 27.5 Å². The van der Waals surface area contributed by atoms with Crippen molar-refractivity contribution >= 4 is 65.4 Å². The Kier molecular flexibility index (Phi) is 2.72. The van der Waals surface area contributed by atoms with Crippen molar-refractivity contribution in [2.45, 2.75) is 0 Å². The van der Waals surface area contributed by atoms with Gasteiger partial charge in [-0.25, -0.2) is 0 Å². The molecule has 0 aliphatic heterocycles. The fourth-order valence-corrected chi connectivity index (χ4v) is 6.53. The summed E-state index contributed by atoms with van der Waals surface area (Å²) in [6.45, 7) is 0. The van der Waals surface area contributed by atoms with Gasteiger partial charge in [0.15, 0.2) is 0 Å². The van der Waals surface area contributed by atoms with Crippen LogP contribution >= 0.6 is 0 Å². The highest BCUT2D eigenvalue weighted by atomic mass is 15.0. The Labute approximate surface area is 331 Å². The molecule has 8 aromatic carbocycles. The first-order chi connectivity index (χ1) is 36.2. The Bertz CT molecular complexity index is 4600. The molecule has 0 N–H and O–H groups in total. The van der Waals surface area contributed by atoms with E-state index < -0.39 is 223 Å². The maximum absolute atomic E-state index is 10.00. The van der Waals surface area contributed by atoms with Crippen LogP contribution in [-0.4, -0.2) is 13.7 Å². The molecular weight excluding hydrogens is 619 g/mol. The van der Waals surface area contributed by atoms with Crippen LogP contribution in [0.4, 0.5) is 0 Å². The predicted octanol–water partition coefficient (Wildman–Crippen LogP) is 12.6. The molecule has 3 heteroatoms. The summed E-state index contributed by atoms with van der Waals surface area (Å²) in [6.07, 6.45) is 0. The lowest BCUT2D eigenvalue weighted by Gasteiger charge is -2.11. The van der Waals surface area contributed by atoms with Crippen molar-refractivity contribution in [3.05, 3.63) is 187 Å². The number of hydrogen-bond acceptors (Lipinski definition) is 0. The highest BCUT2D eigenvalue weighted by Gasteiger charge is 2.18. The summed E-state index contributed by atoms with van der Waals surface area (Å²) in [5.41, 5.74) is -5.58. The molecule has 0 unspecified atom stereocenters. The summed E-state index contributed by atoms with van der Waals surface area (Å²) in [5, 5.41) is -2.75. The normalized spacial score (nSPS) is 19.1. The highest BCUT2D eigenvalue weighted by Crippen LogP contribution is 2.40. The Morgan fingerprint density at radius 2 is 0.745 bits per heavy atom. The lowest BCUT2D eigenvalue weighted by Crippen LogP contribution is -1.96. The zero-order chi connectivity index (χ0) is 56.1. The lowest BCUT2D eigenvalue weighted by molar-refractivity contribution is 1.15. The zero-order valence-electron chi connectivity index (χ0n) is 51.7. The fourth-order valence-electron chi connectivity index (χ4n) is 6.53. The van der Waals surface area contributed by atoms with Gasteiger partial charge in [0, 0.05) is 49.4 Å². The summed E-state index contributed by atoms with van der Waals surface area (Å²) in [7, 11) is 0. The Morgan fingerprint density at radius 1 is 0.294 bits per heavy atom. The molecule has 0 saturated carbocycles. The summed E-state index contributed by atoms with van der Waals surface area (Å²) in [6, 6.07) is -13.8. The maximum atomic E-state index is 10.00. The molecule has 3 nitrogen and oxygen atoms in total. The average Bonchev–Trinajstić information content (AvgIpc) is 4.19. The first kappa shape index (κ1) is 12.8. The van der Waals surface area contributed by atoms with Gasteiger partial charge in [-0.1, -0.05) is 109 Å². The van der Waals surface area contributed by atoms with Gasteiger partial charge < -0.3 is 13.7 Å². The molecule has 0 spiro atoms. The van der Waals surface area contributed by atoms with Gasteiger partial charge in [-0.3, -0.25) is 0 Å². The molecule has 3 aromatic heterocycles. The number of aromatic nitrogens is 3. The fraction of sp³-hybridized carbons (Fsp3) is 0. The molecule has 0 aliphatic rings. The average molecular weight is 676 g/mol. The molecular formula is C48H31N3. The molecule has 0 fully saturated rings. The van der Waals surface area contributed by atoms with Crippen molar-refractivity contribution in [3.63, 3.8) is 0 Å². The number of rotatable bonds is 4. The molecule has 0 atom stereocenters. The molecule has 11 aromatic rings. The van der Waals surface area contributed by atoms with Crippen LogP contribution in [-0.2, 0) is 0 Å². The minimum Gasteiger partial charge on any atom is -0.309 e. The largest absolute Gasteiger partial charge is 0.309 e. The van der Waals surface area contributed by atoms with Gasteiger partial charge in [-0.05, 0) is 89.7 Å². The van der Waals surface area contributed by atoms with Gasteiger partial charge >= 0.3 is 0 Å². The second-order valence-corrected chi connectivity index (χ2v) is 11.4. The third kappa shape index (κ3) is 4.12. The van der Waals surface area contributed by atoms with Gasteiger partial charge in [-0.2, -0.15) is 0 Å². The SMILES string of the molecule is [2H]c1c([2H])c([2H])c(-n2c3c([2H])c([2H])c([2H])c([2H])c3c3c([2H])c([2H])c(-n4c5c([2H])c([2H])c([2H])c([2H])c5c5c([2H])c(-c6c([2H])c([2H])c7c(c6[2H])c6c([2H])c([2H])c([2H])c([2H])c6n7-c6ccccc6)c([2H])c([2H])c54)c([2H])c32)c([2H])c1[2H]. The van der Waals surface area contributed by atoms with Crippen LogP contribution in [0.3, 0.4) is 0 Å². The summed E-state index contributed by atoms with van der Waals surface area (Å²) < 4.78 is 240. The van der Waals surface area contributed by atoms with E-state index in [2.05, 4.69) is 0 Å². The quantitative estimate of drug-likeness (QED) is 0.176. The van der Waals surface area contributed by atoms with E-state index in [1.807, 2.05) is 0 Å². The van der Waals surface area contributed by atoms with Gasteiger partial charge in [0.05, 0.1) is 68.7 Å². The van der Waals surface area contributed by atoms with E-state index in [4.69, 9.17) is 20.6 Å². The second-order valence-electron chi connectivity index (χ2n) is 11.4. The number of fused-ring (bicyclic) bond motifs is 9. The van der Waals surface area contributed by atoms with E-state index >= 15 is 0 Å². The minimum atomic E-state index is -0.978. The van der Waals surface area contributed by atoms with Gasteiger partial charge in [0.1, 0.15) is 0 Å². The van der Waals surface area contributed by atoms with Gasteiger partial charge in [0.2, 0.25) is 0 Å². The van der Waals surface area contributed by atoms with Crippen molar-refractivity contribution in [1.29, 1.82) is 0 Å². The first-order valence-corrected chi connectivity index (χ1v) is 15.4. The molecule has 0 aliphatic carbocycles. The molecule has 3 heterocycles. The summed E-state index contributed by atoms with van der Waals surface area (Å²) in [5.74, 6) is 0. The Hall–Kier alpha value is -6.84. The van der Waals surface area contributed by atoms with Crippen LogP contribution in [0.15, 0.2) is 187 Å². The molecule has 0 saturated heterocycles. The van der Waals surface area contributed by atoms with E-state index in [0.29, 0.717) is 0 Å². The molecule has 0 bridgehead atoms. The number of para-hydroxylation sites is 5. The maximum Gasteiger partial charge on any atom is 0.0667 e. The third-order valence-electron chi connectivity index (χ3n) is 8.66. The van der Waals surface area contributed by atoms with Crippen LogP contribution in [0.25, 0.3) is 93.6 Å². The smallest absolute Gasteiger partial charge is 0.0667 e. The topological polar surface area (TPSA) is 14.8 Å². The van der Waals surface area contributed by atoms with Crippen LogP contribution in [0.1, 0.15) is 35.6 Å². The molecule has 0 amide bonds. The number of benzene rings is 8. The van der Waals surface area contributed by atoms with Crippen molar-refractivity contribution in [3.8, 4) is 28.2 Å². The Balaban J connectivity index is 1.36. The van der Waals surface area contributed by atoms with Crippen LogP contribution < -0.4 is 0 Å². The van der Waals surface area contributed by atoms with Crippen LogP contribution in [0.5, 0.6) is 0 Å². The highest BCUT2D eigenvalue weighted by molar-refractivity contribution is 6.14. The minimum absolute atomic E-state index is 0.171. The van der Waals surface area contributed by atoms with Crippen LogP contribution in [0, 0.1) is 0 Å². The van der Waals surface area contributed by atoms with Crippen molar-refractivity contribution in [2.24, 2.45) is 0 Å². The number of hydrogen-bond donors (Lipinski definition) is 0. The second kappa shape index (κ2) is 10.8. The van der Waals surface area contributed by atoms with E-state index in [0.717, 1.165) is 9.13 Å². The predicted molar refractivity (Wildman–Crippen MR) is 215 cm³/mol. The van der Waals surface area contributed by atoms with Gasteiger partial charge in [-0.15, -0.1) is 0 Å². The molecule has 0 radical (unpaired) electrons. The third-order valence-corrected chi connectivity index (χ3v) is 8.66. The van der Waals surface area contributed by atoms with E-state index in [1.54, 1.807) is 30.3 Å². The van der Waals surface area contributed by atoms with E-state index in [9.17, 15) is 15.1 Å². The van der Waals surface area contributed by atoms with Crippen molar-refractivity contribution in [2.75, 3.05) is 0 Å². The first-order valence-electron chi connectivity index (χ1n) is 28.4. The number of nitrogens with zero attached hydrogens (tertiary/aromatic N) is 3. The monoisotopic (exact) mass is 675 g/mol. The standard InChI is InChI=1S/C48H31N3/c1-3-13-34(14-4-1)49-44-21-11-8-18-38(44)41-29-32(23-27-46(41)49)33-24-28-47-42(30-33)39-19-9-12-22-45(39)51(47)36-25-26-40-37-17-7-10-20-43(37)50(48(40)31-36)35-15-5-2-6-16-35/h1-31H/i2D,5D,6D,7D,8D,9D,10D,11D,12D,15D,16D,17D,18D,19D,20D,21D,22D,23D,24D,25D,26D,27D,28D,29D,30D,31D. The molecule has 51 heavy (non-hydrogen) atoms. The van der Waals surface area contributed by atoms with Crippen LogP contribution in [0.2, 0.25) is 0 Å². The molecule has 11 rings (SSSR count). The summed E-state index contributed by atoms with van der Waals surface area (Å²) >= 11 is 0. The van der Waals surface area contributed by atoms with Gasteiger partial charge in [0.25, 0.3) is 0 Å². The van der Waals surface area contributed by atoms with E-state index in [1.165, 1.54) is 4.57 Å². The Morgan fingerprint density at radius 3 is 1.33 bits per heavy atom. The van der Waals surface area contributed by atoms with Crippen molar-refractivity contribution in [1.82, 2.24) is 13.7 Å².